The summed E-state index contributed by atoms with van der Waals surface area (Å²) < 4.78 is 14.2. The summed E-state index contributed by atoms with van der Waals surface area (Å²) in [5.74, 6) is 0.275. The second-order valence-corrected chi connectivity index (χ2v) is 6.35. The first-order chi connectivity index (χ1) is 9.47. The summed E-state index contributed by atoms with van der Waals surface area (Å²) in [6.07, 6.45) is 1.96. The summed E-state index contributed by atoms with van der Waals surface area (Å²) in [5.41, 5.74) is 7.38. The third-order valence-electron chi connectivity index (χ3n) is 3.66. The molecule has 0 aliphatic carbocycles. The normalized spacial score (nSPS) is 16.2. The number of amides is 1. The van der Waals surface area contributed by atoms with E-state index in [0.29, 0.717) is 15.2 Å². The van der Waals surface area contributed by atoms with E-state index < -0.39 is 0 Å². The molecule has 0 saturated carbocycles. The van der Waals surface area contributed by atoms with E-state index in [2.05, 4.69) is 10.2 Å². The summed E-state index contributed by atoms with van der Waals surface area (Å²) in [4.78, 5) is 13.0. The number of anilines is 2. The lowest BCUT2D eigenvalue weighted by Gasteiger charge is -2.34. The molecule has 0 bridgehead atoms. The zero-order valence-electron chi connectivity index (χ0n) is 11.5. The van der Waals surface area contributed by atoms with Gasteiger partial charge >= 0.3 is 0 Å². The van der Waals surface area contributed by atoms with Gasteiger partial charge in [-0.05, 0) is 47.4 Å². The van der Waals surface area contributed by atoms with E-state index in [1.54, 1.807) is 6.07 Å². The zero-order chi connectivity index (χ0) is 14.7. The Morgan fingerprint density at radius 1 is 1.50 bits per heavy atom. The smallest absolute Gasteiger partial charge is 0.216 e. The van der Waals surface area contributed by atoms with Crippen LogP contribution in [0, 0.1) is 15.3 Å². The molecule has 1 saturated heterocycles. The third-order valence-corrected chi connectivity index (χ3v) is 4.49. The minimum atomic E-state index is -0.227. The molecule has 1 amide bonds. The number of hydrogen-bond acceptors (Lipinski definition) is 3. The van der Waals surface area contributed by atoms with Crippen LogP contribution in [0.5, 0.6) is 0 Å². The zero-order valence-corrected chi connectivity index (χ0v) is 13.6. The van der Waals surface area contributed by atoms with Crippen molar-refractivity contribution in [1.82, 2.24) is 5.32 Å². The number of nitrogens with zero attached hydrogens (tertiary/aromatic N) is 1. The van der Waals surface area contributed by atoms with Gasteiger partial charge in [-0.15, -0.1) is 0 Å². The van der Waals surface area contributed by atoms with E-state index in [9.17, 15) is 9.18 Å². The highest BCUT2D eigenvalue weighted by Gasteiger charge is 2.21. The fourth-order valence-corrected chi connectivity index (χ4v) is 2.98. The van der Waals surface area contributed by atoms with E-state index >= 15 is 0 Å². The SMILES string of the molecule is CC(=O)NCC1CCN(c2cc(F)c(I)cc2N)CC1. The van der Waals surface area contributed by atoms with E-state index in [-0.39, 0.29) is 11.7 Å². The molecule has 0 atom stereocenters. The number of nitrogens with two attached hydrogens (primary N) is 1. The second kappa shape index (κ2) is 6.60. The molecule has 3 N–H and O–H groups in total. The molecule has 1 fully saturated rings. The van der Waals surface area contributed by atoms with Crippen LogP contribution in [0.25, 0.3) is 0 Å². The number of halogens is 2. The van der Waals surface area contributed by atoms with Crippen molar-refractivity contribution >= 4 is 39.9 Å². The molecule has 0 unspecified atom stereocenters. The van der Waals surface area contributed by atoms with Gasteiger partial charge in [0.05, 0.1) is 14.9 Å². The quantitative estimate of drug-likeness (QED) is 0.615. The van der Waals surface area contributed by atoms with Gasteiger partial charge in [-0.1, -0.05) is 0 Å². The van der Waals surface area contributed by atoms with Crippen molar-refractivity contribution in [1.29, 1.82) is 0 Å². The molecular weight excluding hydrogens is 372 g/mol. The molecule has 1 aromatic rings. The summed E-state index contributed by atoms with van der Waals surface area (Å²) in [6.45, 7) is 3.94. The van der Waals surface area contributed by atoms with Crippen LogP contribution in [-0.4, -0.2) is 25.5 Å². The Morgan fingerprint density at radius 3 is 2.75 bits per heavy atom. The highest BCUT2D eigenvalue weighted by molar-refractivity contribution is 14.1. The van der Waals surface area contributed by atoms with Crippen LogP contribution in [0.3, 0.4) is 0 Å². The lowest BCUT2D eigenvalue weighted by molar-refractivity contribution is -0.119. The molecule has 1 aromatic carbocycles. The average molecular weight is 391 g/mol. The fourth-order valence-electron chi connectivity index (χ4n) is 2.49. The second-order valence-electron chi connectivity index (χ2n) is 5.19. The largest absolute Gasteiger partial charge is 0.397 e. The van der Waals surface area contributed by atoms with Crippen LogP contribution < -0.4 is 16.0 Å². The molecule has 0 aromatic heterocycles. The van der Waals surface area contributed by atoms with Gasteiger partial charge in [0.25, 0.3) is 0 Å². The summed E-state index contributed by atoms with van der Waals surface area (Å²) >= 11 is 1.94. The van der Waals surface area contributed by atoms with Crippen LogP contribution >= 0.6 is 22.6 Å². The Hall–Kier alpha value is -1.05. The molecule has 1 aliphatic heterocycles. The first-order valence-corrected chi connectivity index (χ1v) is 7.79. The predicted molar refractivity (Wildman–Crippen MR) is 87.2 cm³/mol. The molecule has 110 valence electrons. The van der Waals surface area contributed by atoms with Crippen LogP contribution in [0.2, 0.25) is 0 Å². The minimum absolute atomic E-state index is 0.0105. The van der Waals surface area contributed by atoms with Crippen molar-refractivity contribution in [2.75, 3.05) is 30.3 Å². The number of carbonyl (C=O) groups excluding carboxylic acids is 1. The Bertz CT molecular complexity index is 501. The number of benzene rings is 1. The van der Waals surface area contributed by atoms with Crippen molar-refractivity contribution in [3.63, 3.8) is 0 Å². The average Bonchev–Trinajstić information content (AvgIpc) is 2.41. The maximum Gasteiger partial charge on any atom is 0.216 e. The molecule has 2 rings (SSSR count). The standard InChI is InChI=1S/C14H19FIN3O/c1-9(20)18-8-10-2-4-19(5-3-10)14-6-11(15)12(16)7-13(14)17/h6-7,10H,2-5,8,17H2,1H3,(H,18,20). The molecule has 6 heteroatoms. The minimum Gasteiger partial charge on any atom is -0.397 e. The number of nitrogens with one attached hydrogen (secondary N) is 1. The first kappa shape index (κ1) is 15.3. The van der Waals surface area contributed by atoms with Gasteiger partial charge in [-0.3, -0.25) is 4.79 Å². The number of carbonyl (C=O) groups is 1. The molecule has 1 aliphatic rings. The van der Waals surface area contributed by atoms with Crippen molar-refractivity contribution in [3.05, 3.63) is 21.5 Å². The van der Waals surface area contributed by atoms with E-state index in [1.807, 2.05) is 22.6 Å². The fraction of sp³-hybridized carbons (Fsp3) is 0.500. The molecule has 1 heterocycles. The van der Waals surface area contributed by atoms with Crippen molar-refractivity contribution in [2.45, 2.75) is 19.8 Å². The maximum absolute atomic E-state index is 13.7. The maximum atomic E-state index is 13.7. The predicted octanol–water partition coefficient (Wildman–Crippen LogP) is 2.37. The molecule has 20 heavy (non-hydrogen) atoms. The van der Waals surface area contributed by atoms with Gasteiger partial charge in [0.1, 0.15) is 5.82 Å². The lowest BCUT2D eigenvalue weighted by Crippen LogP contribution is -2.38. The van der Waals surface area contributed by atoms with Gasteiger partial charge in [0.2, 0.25) is 5.91 Å². The van der Waals surface area contributed by atoms with Crippen LogP contribution in [-0.2, 0) is 4.79 Å². The van der Waals surface area contributed by atoms with E-state index in [4.69, 9.17) is 5.73 Å². The highest BCUT2D eigenvalue weighted by Crippen LogP contribution is 2.30. The molecule has 0 spiro atoms. The van der Waals surface area contributed by atoms with Gasteiger partial charge in [0.15, 0.2) is 0 Å². The van der Waals surface area contributed by atoms with Gasteiger partial charge in [-0.2, -0.15) is 0 Å². The molecule has 4 nitrogen and oxygen atoms in total. The van der Waals surface area contributed by atoms with Crippen LogP contribution in [0.4, 0.5) is 15.8 Å². The first-order valence-electron chi connectivity index (χ1n) is 6.71. The Labute approximate surface area is 132 Å². The third kappa shape index (κ3) is 3.74. The Balaban J connectivity index is 1.97. The van der Waals surface area contributed by atoms with E-state index in [0.717, 1.165) is 38.2 Å². The number of piperidine rings is 1. The van der Waals surface area contributed by atoms with E-state index in [1.165, 1.54) is 13.0 Å². The summed E-state index contributed by atoms with van der Waals surface area (Å²) in [6, 6.07) is 3.19. The summed E-state index contributed by atoms with van der Waals surface area (Å²) in [5, 5.41) is 2.85. The topological polar surface area (TPSA) is 58.4 Å². The van der Waals surface area contributed by atoms with Crippen molar-refractivity contribution in [2.24, 2.45) is 5.92 Å². The number of rotatable bonds is 3. The van der Waals surface area contributed by atoms with Crippen molar-refractivity contribution in [3.8, 4) is 0 Å². The van der Waals surface area contributed by atoms with Crippen LogP contribution in [0.15, 0.2) is 12.1 Å². The molecule has 0 radical (unpaired) electrons. The van der Waals surface area contributed by atoms with Crippen LogP contribution in [0.1, 0.15) is 19.8 Å². The Kier molecular flexibility index (Phi) is 5.06. The Morgan fingerprint density at radius 2 is 2.15 bits per heavy atom. The summed E-state index contributed by atoms with van der Waals surface area (Å²) in [7, 11) is 0. The molecular formula is C14H19FIN3O. The highest BCUT2D eigenvalue weighted by atomic mass is 127. The van der Waals surface area contributed by atoms with Gasteiger partial charge < -0.3 is 16.0 Å². The van der Waals surface area contributed by atoms with Gasteiger partial charge in [0, 0.05) is 32.6 Å². The van der Waals surface area contributed by atoms with Gasteiger partial charge in [-0.25, -0.2) is 4.39 Å². The number of hydrogen-bond donors (Lipinski definition) is 2. The number of nitrogen functional groups attached to an aromatic ring is 1. The lowest BCUT2D eigenvalue weighted by atomic mass is 9.96. The monoisotopic (exact) mass is 391 g/mol. The van der Waals surface area contributed by atoms with Crippen molar-refractivity contribution < 1.29 is 9.18 Å².